The standard InChI is InChI=1S/C16H19F2N3/c1-8-6-7-10(17)11(12(8)18)13-9(2)14(19)21-15(20-13)16(3,4)5/h6-7H,1-5H3,(H2,19,20,21). The number of nitrogens with two attached hydrogens (primary N) is 1. The SMILES string of the molecule is Cc1ccc(F)c(-c2nc(C(C)(C)C)nc(N)c2C)c1F. The van der Waals surface area contributed by atoms with Gasteiger partial charge < -0.3 is 5.73 Å². The highest BCUT2D eigenvalue weighted by Gasteiger charge is 2.24. The molecule has 2 aromatic rings. The largest absolute Gasteiger partial charge is 0.383 e. The number of hydrogen-bond donors (Lipinski definition) is 1. The quantitative estimate of drug-likeness (QED) is 0.866. The van der Waals surface area contributed by atoms with Crippen LogP contribution in [0.3, 0.4) is 0 Å². The molecule has 0 saturated heterocycles. The van der Waals surface area contributed by atoms with Crippen LogP contribution in [0.2, 0.25) is 0 Å². The fraction of sp³-hybridized carbons (Fsp3) is 0.375. The third-order valence-corrected chi connectivity index (χ3v) is 3.38. The van der Waals surface area contributed by atoms with E-state index in [2.05, 4.69) is 9.97 Å². The third kappa shape index (κ3) is 2.73. The highest BCUT2D eigenvalue weighted by atomic mass is 19.1. The Morgan fingerprint density at radius 1 is 1.05 bits per heavy atom. The van der Waals surface area contributed by atoms with Gasteiger partial charge in [0.05, 0.1) is 11.3 Å². The maximum atomic E-state index is 14.3. The lowest BCUT2D eigenvalue weighted by Crippen LogP contribution is -2.18. The molecule has 1 heterocycles. The topological polar surface area (TPSA) is 51.8 Å². The molecule has 3 nitrogen and oxygen atoms in total. The molecule has 0 amide bonds. The zero-order valence-corrected chi connectivity index (χ0v) is 12.9. The summed E-state index contributed by atoms with van der Waals surface area (Å²) in [7, 11) is 0. The Balaban J connectivity index is 2.82. The van der Waals surface area contributed by atoms with E-state index < -0.39 is 11.6 Å². The lowest BCUT2D eigenvalue weighted by molar-refractivity contribution is 0.544. The van der Waals surface area contributed by atoms with E-state index in [-0.39, 0.29) is 22.5 Å². The van der Waals surface area contributed by atoms with Crippen molar-refractivity contribution in [1.29, 1.82) is 0 Å². The first kappa shape index (κ1) is 15.4. The molecule has 0 unspecified atom stereocenters. The van der Waals surface area contributed by atoms with E-state index in [9.17, 15) is 8.78 Å². The van der Waals surface area contributed by atoms with Crippen LogP contribution in [-0.4, -0.2) is 9.97 Å². The molecular weight excluding hydrogens is 272 g/mol. The van der Waals surface area contributed by atoms with Crippen molar-refractivity contribution in [2.24, 2.45) is 0 Å². The summed E-state index contributed by atoms with van der Waals surface area (Å²) in [5, 5.41) is 0. The van der Waals surface area contributed by atoms with Gasteiger partial charge in [-0.25, -0.2) is 18.7 Å². The van der Waals surface area contributed by atoms with Crippen LogP contribution in [0.5, 0.6) is 0 Å². The number of anilines is 1. The summed E-state index contributed by atoms with van der Waals surface area (Å²) in [6.45, 7) is 9.01. The highest BCUT2D eigenvalue weighted by Crippen LogP contribution is 2.32. The molecule has 1 aromatic carbocycles. The lowest BCUT2D eigenvalue weighted by atomic mass is 9.94. The molecule has 5 heteroatoms. The van der Waals surface area contributed by atoms with E-state index >= 15 is 0 Å². The van der Waals surface area contributed by atoms with Crippen molar-refractivity contribution < 1.29 is 8.78 Å². The van der Waals surface area contributed by atoms with Crippen molar-refractivity contribution in [1.82, 2.24) is 9.97 Å². The van der Waals surface area contributed by atoms with Gasteiger partial charge in [-0.3, -0.25) is 0 Å². The van der Waals surface area contributed by atoms with E-state index in [1.807, 2.05) is 20.8 Å². The summed E-state index contributed by atoms with van der Waals surface area (Å²) >= 11 is 0. The van der Waals surface area contributed by atoms with E-state index in [4.69, 9.17) is 5.73 Å². The summed E-state index contributed by atoms with van der Waals surface area (Å²) < 4.78 is 28.5. The van der Waals surface area contributed by atoms with Gasteiger partial charge in [0.1, 0.15) is 23.3 Å². The zero-order valence-electron chi connectivity index (χ0n) is 12.9. The number of aryl methyl sites for hydroxylation is 1. The number of aromatic nitrogens is 2. The van der Waals surface area contributed by atoms with Crippen LogP contribution < -0.4 is 5.73 Å². The molecule has 1 aromatic heterocycles. The van der Waals surface area contributed by atoms with Crippen molar-refractivity contribution in [2.75, 3.05) is 5.73 Å². The number of hydrogen-bond acceptors (Lipinski definition) is 3. The summed E-state index contributed by atoms with van der Waals surface area (Å²) in [6, 6.07) is 2.64. The number of nitrogens with zero attached hydrogens (tertiary/aromatic N) is 2. The first-order valence-corrected chi connectivity index (χ1v) is 6.72. The van der Waals surface area contributed by atoms with Gasteiger partial charge in [0.25, 0.3) is 0 Å². The molecule has 0 aliphatic carbocycles. The molecule has 112 valence electrons. The van der Waals surface area contributed by atoms with Crippen LogP contribution in [-0.2, 0) is 5.41 Å². The summed E-state index contributed by atoms with van der Waals surface area (Å²) in [6.07, 6.45) is 0. The normalized spacial score (nSPS) is 11.8. The van der Waals surface area contributed by atoms with Crippen LogP contribution in [0.4, 0.5) is 14.6 Å². The van der Waals surface area contributed by atoms with E-state index in [0.29, 0.717) is 17.0 Å². The van der Waals surface area contributed by atoms with Gasteiger partial charge in [0.2, 0.25) is 0 Å². The van der Waals surface area contributed by atoms with Gasteiger partial charge >= 0.3 is 0 Å². The van der Waals surface area contributed by atoms with Crippen molar-refractivity contribution >= 4 is 5.82 Å². The number of nitrogen functional groups attached to an aromatic ring is 1. The molecule has 21 heavy (non-hydrogen) atoms. The minimum Gasteiger partial charge on any atom is -0.383 e. The van der Waals surface area contributed by atoms with Gasteiger partial charge in [0.15, 0.2) is 0 Å². The summed E-state index contributed by atoms with van der Waals surface area (Å²) in [4.78, 5) is 8.60. The fourth-order valence-electron chi connectivity index (χ4n) is 1.99. The molecule has 0 saturated carbocycles. The predicted molar refractivity (Wildman–Crippen MR) is 80.0 cm³/mol. The Morgan fingerprint density at radius 3 is 2.24 bits per heavy atom. The second-order valence-electron chi connectivity index (χ2n) is 6.21. The number of rotatable bonds is 1. The van der Waals surface area contributed by atoms with Gasteiger partial charge in [-0.2, -0.15) is 0 Å². The second kappa shape index (κ2) is 5.06. The van der Waals surface area contributed by atoms with Crippen LogP contribution >= 0.6 is 0 Å². The first-order valence-electron chi connectivity index (χ1n) is 6.72. The average molecular weight is 291 g/mol. The van der Waals surface area contributed by atoms with Crippen molar-refractivity contribution in [2.45, 2.75) is 40.0 Å². The Labute approximate surface area is 123 Å². The molecule has 0 bridgehead atoms. The van der Waals surface area contributed by atoms with Crippen LogP contribution in [0, 0.1) is 25.5 Å². The van der Waals surface area contributed by atoms with E-state index in [0.717, 1.165) is 0 Å². The Morgan fingerprint density at radius 2 is 1.67 bits per heavy atom. The van der Waals surface area contributed by atoms with Crippen molar-refractivity contribution in [3.63, 3.8) is 0 Å². The minimum atomic E-state index is -0.654. The van der Waals surface area contributed by atoms with E-state index in [1.165, 1.54) is 12.1 Å². The Kier molecular flexibility index (Phi) is 3.70. The van der Waals surface area contributed by atoms with Gasteiger partial charge in [0, 0.05) is 11.0 Å². The summed E-state index contributed by atoms with van der Waals surface area (Å²) in [5.41, 5.74) is 6.44. The fourth-order valence-corrected chi connectivity index (χ4v) is 1.99. The molecule has 0 radical (unpaired) electrons. The Hall–Kier alpha value is -2.04. The molecule has 0 spiro atoms. The second-order valence-corrected chi connectivity index (χ2v) is 6.21. The molecule has 2 rings (SSSR count). The zero-order chi connectivity index (χ0) is 15.9. The molecule has 0 atom stereocenters. The highest BCUT2D eigenvalue weighted by molar-refractivity contribution is 5.69. The molecular formula is C16H19F2N3. The maximum Gasteiger partial charge on any atom is 0.138 e. The molecule has 2 N–H and O–H groups in total. The van der Waals surface area contributed by atoms with Crippen LogP contribution in [0.15, 0.2) is 12.1 Å². The monoisotopic (exact) mass is 291 g/mol. The van der Waals surface area contributed by atoms with Crippen molar-refractivity contribution in [3.8, 4) is 11.3 Å². The van der Waals surface area contributed by atoms with Crippen LogP contribution in [0.1, 0.15) is 37.7 Å². The number of benzene rings is 1. The maximum absolute atomic E-state index is 14.3. The Bertz CT molecular complexity index is 704. The first-order chi connectivity index (χ1) is 9.62. The summed E-state index contributed by atoms with van der Waals surface area (Å²) in [5.74, 6) is -0.568. The van der Waals surface area contributed by atoms with Crippen molar-refractivity contribution in [3.05, 3.63) is 40.7 Å². The average Bonchev–Trinajstić information content (AvgIpc) is 2.38. The molecule has 0 fully saturated rings. The van der Waals surface area contributed by atoms with Gasteiger partial charge in [-0.05, 0) is 25.5 Å². The smallest absolute Gasteiger partial charge is 0.138 e. The lowest BCUT2D eigenvalue weighted by Gasteiger charge is -2.20. The molecule has 0 aliphatic heterocycles. The minimum absolute atomic E-state index is 0.146. The number of halogens is 2. The van der Waals surface area contributed by atoms with Gasteiger partial charge in [-0.15, -0.1) is 0 Å². The third-order valence-electron chi connectivity index (χ3n) is 3.38. The van der Waals surface area contributed by atoms with Crippen LogP contribution in [0.25, 0.3) is 11.3 Å². The van der Waals surface area contributed by atoms with Gasteiger partial charge in [-0.1, -0.05) is 26.8 Å². The molecule has 0 aliphatic rings. The predicted octanol–water partition coefficient (Wildman–Crippen LogP) is 3.92. The van der Waals surface area contributed by atoms with E-state index in [1.54, 1.807) is 13.8 Å².